The quantitative estimate of drug-likeness (QED) is 0.541. The normalized spacial score (nSPS) is 22.1. The average molecular weight is 456 g/mol. The monoisotopic (exact) mass is 455 g/mol. The summed E-state index contributed by atoms with van der Waals surface area (Å²) in [7, 11) is 0. The van der Waals surface area contributed by atoms with Gasteiger partial charge in [0.05, 0.1) is 5.02 Å². The largest absolute Gasteiger partial charge is 0.454 e. The summed E-state index contributed by atoms with van der Waals surface area (Å²) in [4.78, 5) is 15.5. The van der Waals surface area contributed by atoms with Gasteiger partial charge in [0, 0.05) is 37.0 Å². The summed E-state index contributed by atoms with van der Waals surface area (Å²) in [5.74, 6) is 2.99. The summed E-state index contributed by atoms with van der Waals surface area (Å²) < 4.78 is 19.0. The SMILES string of the molecule is C=C(Oc1ccc(F)c(Cl)c1)c1nc(NC2C3CCC2CN(c2cc(C)ncn2)C3)n[nH]1. The first kappa shape index (κ1) is 20.7. The minimum Gasteiger partial charge on any atom is -0.454 e. The molecule has 5 rings (SSSR count). The van der Waals surface area contributed by atoms with Gasteiger partial charge >= 0.3 is 0 Å². The average Bonchev–Trinajstić information content (AvgIpc) is 3.32. The molecule has 166 valence electrons. The first-order chi connectivity index (χ1) is 15.5. The van der Waals surface area contributed by atoms with Gasteiger partial charge in [-0.3, -0.25) is 5.10 Å². The van der Waals surface area contributed by atoms with Crippen LogP contribution < -0.4 is 15.0 Å². The van der Waals surface area contributed by atoms with E-state index in [-0.39, 0.29) is 10.8 Å². The number of nitrogens with one attached hydrogen (secondary N) is 2. The summed E-state index contributed by atoms with van der Waals surface area (Å²) in [5.41, 5.74) is 0.973. The number of aromatic amines is 1. The number of aromatic nitrogens is 5. The van der Waals surface area contributed by atoms with Crippen molar-refractivity contribution in [2.45, 2.75) is 25.8 Å². The molecule has 3 heterocycles. The molecule has 2 aromatic heterocycles. The Kier molecular flexibility index (Phi) is 5.42. The van der Waals surface area contributed by atoms with Crippen molar-refractivity contribution >= 4 is 29.1 Å². The van der Waals surface area contributed by atoms with E-state index in [1.165, 1.54) is 18.2 Å². The number of halogens is 2. The molecule has 2 atom stereocenters. The minimum absolute atomic E-state index is 0.0193. The molecule has 2 unspecified atom stereocenters. The molecule has 1 aliphatic carbocycles. The first-order valence-electron chi connectivity index (χ1n) is 10.5. The molecule has 32 heavy (non-hydrogen) atoms. The molecule has 0 spiro atoms. The third kappa shape index (κ3) is 4.12. The number of H-pyrrole nitrogens is 1. The maximum atomic E-state index is 13.3. The van der Waals surface area contributed by atoms with Crippen molar-refractivity contribution in [3.63, 3.8) is 0 Å². The summed E-state index contributed by atoms with van der Waals surface area (Å²) in [6, 6.07) is 6.44. The van der Waals surface area contributed by atoms with Crippen molar-refractivity contribution in [1.29, 1.82) is 0 Å². The molecule has 1 aromatic carbocycles. The minimum atomic E-state index is -0.508. The molecule has 1 saturated carbocycles. The summed E-state index contributed by atoms with van der Waals surface area (Å²) >= 11 is 5.81. The topological polar surface area (TPSA) is 91.8 Å². The van der Waals surface area contributed by atoms with Gasteiger partial charge in [-0.05, 0) is 43.7 Å². The Labute approximate surface area is 189 Å². The molecule has 2 aliphatic rings. The number of fused-ring (bicyclic) bond motifs is 2. The van der Waals surface area contributed by atoms with E-state index < -0.39 is 5.82 Å². The highest BCUT2D eigenvalue weighted by Crippen LogP contribution is 2.39. The van der Waals surface area contributed by atoms with Crippen LogP contribution in [0.4, 0.5) is 16.2 Å². The predicted octanol–water partition coefficient (Wildman–Crippen LogP) is 4.07. The molecule has 0 radical (unpaired) electrons. The maximum absolute atomic E-state index is 13.3. The van der Waals surface area contributed by atoms with Crippen molar-refractivity contribution < 1.29 is 9.13 Å². The van der Waals surface area contributed by atoms with Gasteiger partial charge in [0.2, 0.25) is 5.95 Å². The fourth-order valence-corrected chi connectivity index (χ4v) is 4.76. The van der Waals surface area contributed by atoms with Crippen LogP contribution >= 0.6 is 11.6 Å². The Morgan fingerprint density at radius 3 is 2.75 bits per heavy atom. The second-order valence-electron chi connectivity index (χ2n) is 8.30. The Balaban J connectivity index is 1.23. The Hall–Kier alpha value is -3.20. The van der Waals surface area contributed by atoms with Gasteiger partial charge in [0.25, 0.3) is 0 Å². The van der Waals surface area contributed by atoms with Gasteiger partial charge in [0.15, 0.2) is 11.6 Å². The number of hydrogen-bond donors (Lipinski definition) is 2. The summed E-state index contributed by atoms with van der Waals surface area (Å²) in [6.45, 7) is 7.74. The van der Waals surface area contributed by atoms with Crippen LogP contribution in [0.5, 0.6) is 5.75 Å². The van der Waals surface area contributed by atoms with Crippen molar-refractivity contribution in [1.82, 2.24) is 25.1 Å². The van der Waals surface area contributed by atoms with Crippen LogP contribution in [-0.2, 0) is 0 Å². The number of ether oxygens (including phenoxy) is 1. The highest BCUT2D eigenvalue weighted by atomic mass is 35.5. The molecular formula is C22H23ClFN7O. The number of benzene rings is 1. The van der Waals surface area contributed by atoms with Crippen LogP contribution in [0.2, 0.25) is 5.02 Å². The fraction of sp³-hybridized carbons (Fsp3) is 0.364. The molecule has 10 heteroatoms. The molecule has 2 bridgehead atoms. The van der Waals surface area contributed by atoms with Gasteiger partial charge in [-0.2, -0.15) is 4.98 Å². The number of aryl methyl sites for hydroxylation is 1. The number of nitrogens with zero attached hydrogens (tertiary/aromatic N) is 5. The van der Waals surface area contributed by atoms with Crippen molar-refractivity contribution in [2.24, 2.45) is 11.8 Å². The molecule has 8 nitrogen and oxygen atoms in total. The lowest BCUT2D eigenvalue weighted by Crippen LogP contribution is -2.48. The zero-order chi connectivity index (χ0) is 22.2. The Bertz CT molecular complexity index is 1140. The fourth-order valence-electron chi connectivity index (χ4n) is 4.59. The van der Waals surface area contributed by atoms with E-state index in [0.29, 0.717) is 35.4 Å². The van der Waals surface area contributed by atoms with Gasteiger partial charge in [0.1, 0.15) is 23.7 Å². The lowest BCUT2D eigenvalue weighted by Gasteiger charge is -2.38. The van der Waals surface area contributed by atoms with Crippen LogP contribution in [0.25, 0.3) is 5.76 Å². The highest BCUT2D eigenvalue weighted by Gasteiger charge is 2.42. The van der Waals surface area contributed by atoms with E-state index in [9.17, 15) is 4.39 Å². The van der Waals surface area contributed by atoms with E-state index >= 15 is 0 Å². The van der Waals surface area contributed by atoms with Gasteiger partial charge in [-0.15, -0.1) is 5.10 Å². The van der Waals surface area contributed by atoms with Crippen LogP contribution in [0.15, 0.2) is 37.2 Å². The second-order valence-corrected chi connectivity index (χ2v) is 8.71. The van der Waals surface area contributed by atoms with Crippen molar-refractivity contribution in [3.05, 3.63) is 59.5 Å². The molecule has 0 amide bonds. The lowest BCUT2D eigenvalue weighted by atomic mass is 9.92. The van der Waals surface area contributed by atoms with Crippen LogP contribution in [0.1, 0.15) is 24.4 Å². The van der Waals surface area contributed by atoms with Crippen molar-refractivity contribution in [2.75, 3.05) is 23.3 Å². The second kappa shape index (κ2) is 8.38. The third-order valence-electron chi connectivity index (χ3n) is 6.12. The zero-order valence-corrected chi connectivity index (χ0v) is 18.3. The van der Waals surface area contributed by atoms with E-state index in [1.54, 1.807) is 6.33 Å². The van der Waals surface area contributed by atoms with Gasteiger partial charge in [-0.25, -0.2) is 14.4 Å². The number of piperidine rings is 1. The van der Waals surface area contributed by atoms with Gasteiger partial charge < -0.3 is 15.0 Å². The van der Waals surface area contributed by atoms with Crippen LogP contribution in [-0.4, -0.2) is 44.3 Å². The van der Waals surface area contributed by atoms with Crippen LogP contribution in [0.3, 0.4) is 0 Å². The molecule has 2 N–H and O–H groups in total. The molecule has 1 aliphatic heterocycles. The van der Waals surface area contributed by atoms with Crippen molar-refractivity contribution in [3.8, 4) is 5.75 Å². The Morgan fingerprint density at radius 1 is 1.25 bits per heavy atom. The summed E-state index contributed by atoms with van der Waals surface area (Å²) in [5, 5.41) is 10.6. The summed E-state index contributed by atoms with van der Waals surface area (Å²) in [6.07, 6.45) is 3.93. The Morgan fingerprint density at radius 2 is 2.03 bits per heavy atom. The molecule has 2 fully saturated rings. The van der Waals surface area contributed by atoms with Gasteiger partial charge in [-0.1, -0.05) is 18.2 Å². The number of anilines is 2. The van der Waals surface area contributed by atoms with E-state index in [4.69, 9.17) is 16.3 Å². The molecule has 3 aromatic rings. The number of hydrogen-bond acceptors (Lipinski definition) is 7. The van der Waals surface area contributed by atoms with E-state index in [2.05, 4.69) is 41.9 Å². The van der Waals surface area contributed by atoms with E-state index in [0.717, 1.165) is 37.4 Å². The highest BCUT2D eigenvalue weighted by molar-refractivity contribution is 6.30. The number of rotatable bonds is 6. The molecular weight excluding hydrogens is 433 g/mol. The third-order valence-corrected chi connectivity index (χ3v) is 6.41. The van der Waals surface area contributed by atoms with Crippen LogP contribution in [0, 0.1) is 24.6 Å². The maximum Gasteiger partial charge on any atom is 0.242 e. The standard InChI is InChI=1S/C22H23ClFN7O/c1-12-7-19(26-11-25-12)31-9-14-3-4-15(10-31)20(14)27-22-28-21(29-30-22)13(2)32-16-5-6-18(24)17(23)8-16/h5-8,11,14-15,20H,2-4,9-10H2,1H3,(H2,27,28,29,30). The lowest BCUT2D eigenvalue weighted by molar-refractivity contribution is 0.375. The zero-order valence-electron chi connectivity index (χ0n) is 17.6. The smallest absolute Gasteiger partial charge is 0.242 e. The van der Waals surface area contributed by atoms with E-state index in [1.807, 2.05) is 13.0 Å². The first-order valence-corrected chi connectivity index (χ1v) is 10.9. The molecule has 1 saturated heterocycles. The predicted molar refractivity (Wildman–Crippen MR) is 120 cm³/mol.